The fraction of sp³-hybridized carbons (Fsp3) is 0.638. The number of nitrogens with zero attached hydrogens (tertiary/aromatic N) is 1. The lowest BCUT2D eigenvalue weighted by Crippen LogP contribution is -2.12. The molecule has 0 N–H and O–H groups in total. The first-order valence-corrected chi connectivity index (χ1v) is 43.2. The fourth-order valence-electron chi connectivity index (χ4n) is 13.3. The van der Waals surface area contributed by atoms with Crippen LogP contribution in [0.25, 0.3) is 0 Å². The van der Waals surface area contributed by atoms with Crippen LogP contribution < -0.4 is 37.9 Å². The maximum absolute atomic E-state index is 14.2. The van der Waals surface area contributed by atoms with E-state index >= 15 is 0 Å². The van der Waals surface area contributed by atoms with Gasteiger partial charge in [-0.1, -0.05) is 336 Å². The van der Waals surface area contributed by atoms with E-state index in [0.29, 0.717) is 101 Å². The van der Waals surface area contributed by atoms with E-state index in [9.17, 15) is 14.4 Å². The number of carbonyl (C=O) groups is 3. The summed E-state index contributed by atoms with van der Waals surface area (Å²) in [5.41, 5.74) is 2.44. The van der Waals surface area contributed by atoms with E-state index in [-0.39, 0.29) is 0 Å². The van der Waals surface area contributed by atoms with Crippen LogP contribution in [0.5, 0.6) is 46.0 Å². The molecule has 106 heavy (non-hydrogen) atoms. The Hall–Kier alpha value is -6.82. The maximum atomic E-state index is 14.2. The van der Waals surface area contributed by atoms with Crippen LogP contribution in [0.1, 0.15) is 392 Å². The molecule has 0 aliphatic carbocycles. The molecule has 12 nitrogen and oxygen atoms in total. The predicted molar refractivity (Wildman–Crippen MR) is 441 cm³/mol. The SMILES string of the molecule is CCCCCCCCCCCCOc1cc(OCCCCCCCCCCCC)cc(C(=O)Oc2ccc(N=Cc3ccc(C(=O)Oc4ccc(OC(=O)c5cc(OCCCCCCCCCCCC)c(OCCCCCCCCCCCC)c(OCCCCCCCCCCCC)c5)cc4)cc3)cc2)c1. The summed E-state index contributed by atoms with van der Waals surface area (Å²) in [6.07, 6.45) is 63.5. The lowest BCUT2D eigenvalue weighted by atomic mass is 10.1. The average molecular weight is 1460 g/mol. The number of hydrogen-bond acceptors (Lipinski definition) is 12. The molecule has 0 aliphatic rings. The number of esters is 3. The van der Waals surface area contributed by atoms with E-state index in [1.54, 1.807) is 103 Å². The molecule has 0 amide bonds. The van der Waals surface area contributed by atoms with Crippen molar-refractivity contribution in [2.45, 2.75) is 356 Å². The fourth-order valence-corrected chi connectivity index (χ4v) is 13.3. The standard InChI is InChI=1S/C94H143NO11/c1-6-11-16-21-26-31-36-41-46-51-68-99-87-73-81(74-88(77-87)100-69-52-47-42-37-32-27-22-17-12-7-2)93(97)105-84-62-60-83(61-63-84)95-78-79-56-58-80(59-57-79)92(96)104-85-64-66-86(67-65-85)106-94(98)82-75-89(101-70-53-48-43-38-33-28-23-18-13-8-3)91(103-72-55-50-45-40-35-30-25-20-15-10-5)90(76-82)102-71-54-49-44-39-34-29-24-19-14-9-4/h56-67,73-78H,6-55,68-72H2,1-5H3. The van der Waals surface area contributed by atoms with Gasteiger partial charge in [0.2, 0.25) is 5.75 Å². The van der Waals surface area contributed by atoms with E-state index in [1.807, 2.05) is 6.07 Å². The summed E-state index contributed by atoms with van der Waals surface area (Å²) in [6.45, 7) is 14.0. The number of ether oxygens (including phenoxy) is 8. The van der Waals surface area contributed by atoms with Gasteiger partial charge < -0.3 is 37.9 Å². The van der Waals surface area contributed by atoms with Gasteiger partial charge in [0.05, 0.1) is 55.4 Å². The van der Waals surface area contributed by atoms with Crippen LogP contribution in [0.2, 0.25) is 0 Å². The second-order valence-corrected chi connectivity index (χ2v) is 29.7. The summed E-state index contributed by atoms with van der Waals surface area (Å²) in [5.74, 6) is 2.13. The average Bonchev–Trinajstić information content (AvgIpc) is 0.816. The topological polar surface area (TPSA) is 137 Å². The van der Waals surface area contributed by atoms with Crippen LogP contribution in [-0.4, -0.2) is 57.2 Å². The van der Waals surface area contributed by atoms with E-state index in [1.165, 1.54) is 257 Å². The van der Waals surface area contributed by atoms with Crippen molar-refractivity contribution in [3.05, 3.63) is 125 Å². The van der Waals surface area contributed by atoms with Gasteiger partial charge in [-0.05, 0) is 123 Å². The lowest BCUT2D eigenvalue weighted by molar-refractivity contribution is 0.0719. The third-order valence-corrected chi connectivity index (χ3v) is 20.0. The first-order valence-electron chi connectivity index (χ1n) is 43.2. The minimum atomic E-state index is -0.563. The third kappa shape index (κ3) is 42.7. The number of aliphatic imine (C=N–C) groups is 1. The zero-order valence-electron chi connectivity index (χ0n) is 67.2. The van der Waals surface area contributed by atoms with Gasteiger partial charge in [0, 0.05) is 12.3 Å². The van der Waals surface area contributed by atoms with Crippen LogP contribution in [0.4, 0.5) is 5.69 Å². The van der Waals surface area contributed by atoms with Crippen LogP contribution in [0, 0.1) is 0 Å². The molecule has 0 spiro atoms. The van der Waals surface area contributed by atoms with Crippen molar-refractivity contribution in [1.29, 1.82) is 0 Å². The molecule has 0 saturated heterocycles. The van der Waals surface area contributed by atoms with Crippen molar-refractivity contribution in [3.8, 4) is 46.0 Å². The van der Waals surface area contributed by atoms with Gasteiger partial charge >= 0.3 is 17.9 Å². The van der Waals surface area contributed by atoms with Crippen LogP contribution in [0.3, 0.4) is 0 Å². The number of benzene rings is 5. The normalized spacial score (nSPS) is 11.3. The molecule has 590 valence electrons. The molecular weight excluding hydrogens is 1320 g/mol. The van der Waals surface area contributed by atoms with E-state index in [0.717, 1.165) is 69.8 Å². The number of carbonyl (C=O) groups excluding carboxylic acids is 3. The first kappa shape index (κ1) is 89.8. The van der Waals surface area contributed by atoms with E-state index in [4.69, 9.17) is 37.9 Å². The van der Waals surface area contributed by atoms with Crippen molar-refractivity contribution < 1.29 is 52.3 Å². The molecule has 5 rings (SSSR count). The summed E-state index contributed by atoms with van der Waals surface area (Å²) < 4.78 is 49.9. The van der Waals surface area contributed by atoms with Crippen molar-refractivity contribution in [2.75, 3.05) is 33.0 Å². The second-order valence-electron chi connectivity index (χ2n) is 29.7. The Bertz CT molecular complexity index is 2940. The Labute approximate surface area is 643 Å². The summed E-state index contributed by atoms with van der Waals surface area (Å²) >= 11 is 0. The molecule has 5 aromatic rings. The molecule has 0 aromatic heterocycles. The Morgan fingerprint density at radius 2 is 0.509 bits per heavy atom. The lowest BCUT2D eigenvalue weighted by Gasteiger charge is -2.19. The molecule has 0 bridgehead atoms. The zero-order valence-corrected chi connectivity index (χ0v) is 67.2. The molecule has 0 fully saturated rings. The number of unbranched alkanes of at least 4 members (excludes halogenated alkanes) is 45. The molecule has 0 saturated carbocycles. The summed E-state index contributed by atoms with van der Waals surface area (Å²) in [6, 6.07) is 29.3. The van der Waals surface area contributed by atoms with Crippen molar-refractivity contribution >= 4 is 29.8 Å². The Morgan fingerprint density at radius 3 is 0.821 bits per heavy atom. The highest BCUT2D eigenvalue weighted by Crippen LogP contribution is 2.40. The quantitative estimate of drug-likeness (QED) is 0.0159. The predicted octanol–water partition coefficient (Wildman–Crippen LogP) is 28.6. The van der Waals surface area contributed by atoms with Gasteiger partial charge in [-0.3, -0.25) is 4.99 Å². The maximum Gasteiger partial charge on any atom is 0.343 e. The molecule has 5 aromatic carbocycles. The highest BCUT2D eigenvalue weighted by atomic mass is 16.6. The van der Waals surface area contributed by atoms with Gasteiger partial charge in [-0.25, -0.2) is 14.4 Å². The van der Waals surface area contributed by atoms with E-state index in [2.05, 4.69) is 39.6 Å². The summed E-state index contributed by atoms with van der Waals surface area (Å²) in [7, 11) is 0. The molecule has 0 atom stereocenters. The third-order valence-electron chi connectivity index (χ3n) is 20.0. The summed E-state index contributed by atoms with van der Waals surface area (Å²) in [5, 5.41) is 0. The highest BCUT2D eigenvalue weighted by Gasteiger charge is 2.22. The molecule has 0 heterocycles. The van der Waals surface area contributed by atoms with Gasteiger partial charge in [0.1, 0.15) is 28.7 Å². The summed E-state index contributed by atoms with van der Waals surface area (Å²) in [4.78, 5) is 46.0. The molecule has 0 unspecified atom stereocenters. The Kier molecular flexibility index (Phi) is 51.8. The minimum Gasteiger partial charge on any atom is -0.493 e. The monoisotopic (exact) mass is 1460 g/mol. The molecule has 0 radical (unpaired) electrons. The zero-order chi connectivity index (χ0) is 75.2. The molecule has 12 heteroatoms. The van der Waals surface area contributed by atoms with Gasteiger partial charge in [-0.15, -0.1) is 0 Å². The number of hydrogen-bond donors (Lipinski definition) is 0. The smallest absolute Gasteiger partial charge is 0.343 e. The van der Waals surface area contributed by atoms with Crippen LogP contribution in [0.15, 0.2) is 108 Å². The van der Waals surface area contributed by atoms with Gasteiger partial charge in [-0.2, -0.15) is 0 Å². The largest absolute Gasteiger partial charge is 0.493 e. The van der Waals surface area contributed by atoms with E-state index < -0.39 is 17.9 Å². The number of rotatable bonds is 68. The van der Waals surface area contributed by atoms with Crippen LogP contribution >= 0.6 is 0 Å². The van der Waals surface area contributed by atoms with Crippen molar-refractivity contribution in [2.24, 2.45) is 4.99 Å². The van der Waals surface area contributed by atoms with Crippen molar-refractivity contribution in [3.63, 3.8) is 0 Å². The molecule has 0 aliphatic heterocycles. The van der Waals surface area contributed by atoms with Crippen LogP contribution in [-0.2, 0) is 0 Å². The Balaban J connectivity index is 1.16. The highest BCUT2D eigenvalue weighted by molar-refractivity contribution is 5.94. The Morgan fingerprint density at radius 1 is 0.255 bits per heavy atom. The first-order chi connectivity index (χ1) is 52.2. The molecular formula is C94H143NO11. The van der Waals surface area contributed by atoms with Gasteiger partial charge in [0.25, 0.3) is 0 Å². The van der Waals surface area contributed by atoms with Gasteiger partial charge in [0.15, 0.2) is 11.5 Å². The second kappa shape index (κ2) is 61.1. The minimum absolute atomic E-state index is 0.293. The van der Waals surface area contributed by atoms with Crippen molar-refractivity contribution in [1.82, 2.24) is 0 Å².